The lowest BCUT2D eigenvalue weighted by Gasteiger charge is -2.03. The first-order chi connectivity index (χ1) is 6.33. The Morgan fingerprint density at radius 1 is 1.54 bits per heavy atom. The highest BCUT2D eigenvalue weighted by Gasteiger charge is 1.98. The van der Waals surface area contributed by atoms with E-state index in [1.54, 1.807) is 12.4 Å². The zero-order valence-electron chi connectivity index (χ0n) is 7.49. The molecule has 1 aromatic rings. The third kappa shape index (κ3) is 3.66. The van der Waals surface area contributed by atoms with Crippen LogP contribution in [0.25, 0.3) is 0 Å². The maximum Gasteiger partial charge on any atom is 0.246 e. The Hall–Kier alpha value is -1.42. The summed E-state index contributed by atoms with van der Waals surface area (Å²) in [6.45, 7) is 0.621. The van der Waals surface area contributed by atoms with Gasteiger partial charge in [0.25, 0.3) is 0 Å². The smallest absolute Gasteiger partial charge is 0.246 e. The zero-order valence-corrected chi connectivity index (χ0v) is 7.49. The van der Waals surface area contributed by atoms with Crippen molar-refractivity contribution in [3.05, 3.63) is 30.1 Å². The topological polar surface area (TPSA) is 51.2 Å². The largest absolute Gasteiger partial charge is 0.375 e. The van der Waals surface area contributed by atoms with E-state index in [1.165, 1.54) is 7.11 Å². The number of ether oxygens (including phenoxy) is 1. The van der Waals surface area contributed by atoms with Gasteiger partial charge in [0.2, 0.25) is 5.91 Å². The molecule has 0 aliphatic heterocycles. The van der Waals surface area contributed by atoms with Gasteiger partial charge >= 0.3 is 0 Å². The van der Waals surface area contributed by atoms with Crippen molar-refractivity contribution >= 4 is 5.91 Å². The van der Waals surface area contributed by atoms with E-state index in [1.807, 2.05) is 12.1 Å². The van der Waals surface area contributed by atoms with Gasteiger partial charge in [-0.1, -0.05) is 0 Å². The van der Waals surface area contributed by atoms with E-state index in [0.29, 0.717) is 6.54 Å². The van der Waals surface area contributed by atoms with Crippen LogP contribution < -0.4 is 5.32 Å². The average molecular weight is 180 g/mol. The van der Waals surface area contributed by atoms with Gasteiger partial charge in [-0.15, -0.1) is 0 Å². The summed E-state index contributed by atoms with van der Waals surface area (Å²) in [5.41, 5.74) is 1.03. The summed E-state index contributed by atoms with van der Waals surface area (Å²) in [4.78, 5) is 14.8. The summed E-state index contributed by atoms with van der Waals surface area (Å²) < 4.78 is 4.67. The first kappa shape index (κ1) is 9.67. The quantitative estimate of drug-likeness (QED) is 0.727. The number of rotatable bonds is 4. The van der Waals surface area contributed by atoms with Crippen LogP contribution in [0.3, 0.4) is 0 Å². The second-order valence-electron chi connectivity index (χ2n) is 2.57. The lowest BCUT2D eigenvalue weighted by Crippen LogP contribution is -2.26. The SMILES string of the molecule is COCC(=O)NCc1ccncc1. The molecule has 1 rings (SSSR count). The van der Waals surface area contributed by atoms with Gasteiger partial charge in [-0.05, 0) is 17.7 Å². The summed E-state index contributed by atoms with van der Waals surface area (Å²) >= 11 is 0. The summed E-state index contributed by atoms with van der Waals surface area (Å²) in [6, 6.07) is 3.71. The third-order valence-corrected chi connectivity index (χ3v) is 1.51. The Kier molecular flexibility index (Phi) is 3.92. The molecule has 13 heavy (non-hydrogen) atoms. The van der Waals surface area contributed by atoms with Crippen LogP contribution in [0.4, 0.5) is 0 Å². The average Bonchev–Trinajstić information content (AvgIpc) is 2.17. The number of nitrogens with one attached hydrogen (secondary N) is 1. The van der Waals surface area contributed by atoms with Gasteiger partial charge in [0.05, 0.1) is 0 Å². The zero-order chi connectivity index (χ0) is 9.52. The molecule has 0 fully saturated rings. The Balaban J connectivity index is 2.31. The molecule has 1 heterocycles. The molecule has 0 aliphatic rings. The minimum absolute atomic E-state index is 0.102. The van der Waals surface area contributed by atoms with Crippen molar-refractivity contribution in [3.63, 3.8) is 0 Å². The van der Waals surface area contributed by atoms with E-state index in [4.69, 9.17) is 0 Å². The van der Waals surface area contributed by atoms with E-state index >= 15 is 0 Å². The number of aromatic nitrogens is 1. The molecule has 4 heteroatoms. The van der Waals surface area contributed by atoms with Gasteiger partial charge in [-0.3, -0.25) is 9.78 Å². The Bertz CT molecular complexity index is 262. The molecule has 1 amide bonds. The summed E-state index contributed by atoms with van der Waals surface area (Å²) in [7, 11) is 1.49. The molecular weight excluding hydrogens is 168 g/mol. The second-order valence-corrected chi connectivity index (χ2v) is 2.57. The predicted molar refractivity (Wildman–Crippen MR) is 48.0 cm³/mol. The molecule has 70 valence electrons. The minimum Gasteiger partial charge on any atom is -0.375 e. The van der Waals surface area contributed by atoms with E-state index < -0.39 is 0 Å². The Morgan fingerprint density at radius 3 is 2.85 bits per heavy atom. The fourth-order valence-electron chi connectivity index (χ4n) is 0.883. The summed E-state index contributed by atoms with van der Waals surface area (Å²) in [5, 5.41) is 2.71. The van der Waals surface area contributed by atoms with E-state index in [9.17, 15) is 4.79 Å². The van der Waals surface area contributed by atoms with E-state index in [0.717, 1.165) is 5.56 Å². The van der Waals surface area contributed by atoms with Crippen LogP contribution in [0.5, 0.6) is 0 Å². The summed E-state index contributed by atoms with van der Waals surface area (Å²) in [6.07, 6.45) is 3.38. The molecule has 0 atom stereocenters. The molecule has 0 saturated heterocycles. The number of carbonyl (C=O) groups is 1. The van der Waals surface area contributed by atoms with Crippen molar-refractivity contribution in [1.82, 2.24) is 10.3 Å². The van der Waals surface area contributed by atoms with Crippen LogP contribution in [0.15, 0.2) is 24.5 Å². The molecule has 0 spiro atoms. The number of hydrogen-bond acceptors (Lipinski definition) is 3. The minimum atomic E-state index is -0.112. The Labute approximate surface area is 76.9 Å². The highest BCUT2D eigenvalue weighted by molar-refractivity contribution is 5.77. The fourth-order valence-corrected chi connectivity index (χ4v) is 0.883. The van der Waals surface area contributed by atoms with Crippen molar-refractivity contribution in [2.75, 3.05) is 13.7 Å². The van der Waals surface area contributed by atoms with E-state index in [2.05, 4.69) is 15.0 Å². The van der Waals surface area contributed by atoms with Crippen molar-refractivity contribution in [2.45, 2.75) is 6.54 Å². The van der Waals surface area contributed by atoms with Gasteiger partial charge < -0.3 is 10.1 Å². The predicted octanol–water partition coefficient (Wildman–Crippen LogP) is 0.344. The van der Waals surface area contributed by atoms with Gasteiger partial charge in [0.1, 0.15) is 6.61 Å². The summed E-state index contributed by atoms with van der Waals surface area (Å²) in [5.74, 6) is -0.112. The van der Waals surface area contributed by atoms with Crippen LogP contribution in [0, 0.1) is 0 Å². The van der Waals surface area contributed by atoms with Gasteiger partial charge in [0.15, 0.2) is 0 Å². The maximum absolute atomic E-state index is 11.0. The second kappa shape index (κ2) is 5.27. The highest BCUT2D eigenvalue weighted by atomic mass is 16.5. The van der Waals surface area contributed by atoms with Crippen LogP contribution in [-0.4, -0.2) is 24.6 Å². The maximum atomic E-state index is 11.0. The molecule has 0 aliphatic carbocycles. The monoisotopic (exact) mass is 180 g/mol. The fraction of sp³-hybridized carbons (Fsp3) is 0.333. The standard InChI is InChI=1S/C9H12N2O2/c1-13-7-9(12)11-6-8-2-4-10-5-3-8/h2-5H,6-7H2,1H3,(H,11,12). The first-order valence-electron chi connectivity index (χ1n) is 3.97. The van der Waals surface area contributed by atoms with Gasteiger partial charge in [0, 0.05) is 26.0 Å². The molecule has 0 radical (unpaired) electrons. The van der Waals surface area contributed by atoms with Crippen LogP contribution in [0.2, 0.25) is 0 Å². The number of pyridine rings is 1. The lowest BCUT2D eigenvalue weighted by atomic mass is 10.3. The number of carbonyl (C=O) groups excluding carboxylic acids is 1. The molecule has 4 nitrogen and oxygen atoms in total. The number of methoxy groups -OCH3 is 1. The van der Waals surface area contributed by atoms with Crippen LogP contribution in [0.1, 0.15) is 5.56 Å². The van der Waals surface area contributed by atoms with Crippen molar-refractivity contribution < 1.29 is 9.53 Å². The molecule has 0 saturated carbocycles. The molecular formula is C9H12N2O2. The third-order valence-electron chi connectivity index (χ3n) is 1.51. The number of hydrogen-bond donors (Lipinski definition) is 1. The Morgan fingerprint density at radius 2 is 2.23 bits per heavy atom. The first-order valence-corrected chi connectivity index (χ1v) is 3.97. The van der Waals surface area contributed by atoms with Crippen LogP contribution in [-0.2, 0) is 16.1 Å². The van der Waals surface area contributed by atoms with Crippen molar-refractivity contribution in [3.8, 4) is 0 Å². The normalized spacial score (nSPS) is 9.62. The van der Waals surface area contributed by atoms with Gasteiger partial charge in [-0.2, -0.15) is 0 Å². The number of amides is 1. The molecule has 0 aromatic carbocycles. The molecule has 1 aromatic heterocycles. The lowest BCUT2D eigenvalue weighted by molar-refractivity contribution is -0.124. The van der Waals surface area contributed by atoms with Crippen LogP contribution >= 0.6 is 0 Å². The van der Waals surface area contributed by atoms with Crippen molar-refractivity contribution in [1.29, 1.82) is 0 Å². The molecule has 0 unspecified atom stereocenters. The highest BCUT2D eigenvalue weighted by Crippen LogP contribution is 1.94. The van der Waals surface area contributed by atoms with E-state index in [-0.39, 0.29) is 12.5 Å². The van der Waals surface area contributed by atoms with Crippen molar-refractivity contribution in [2.24, 2.45) is 0 Å². The number of nitrogens with zero attached hydrogens (tertiary/aromatic N) is 1. The molecule has 1 N–H and O–H groups in total. The molecule has 0 bridgehead atoms. The van der Waals surface area contributed by atoms with Gasteiger partial charge in [-0.25, -0.2) is 0 Å².